The molecule has 154 valence electrons. The second-order valence-electron chi connectivity index (χ2n) is 8.65. The summed E-state index contributed by atoms with van der Waals surface area (Å²) in [4.78, 5) is 7.27. The van der Waals surface area contributed by atoms with Gasteiger partial charge in [-0.2, -0.15) is 5.26 Å². The van der Waals surface area contributed by atoms with Crippen molar-refractivity contribution in [2.45, 2.75) is 24.8 Å². The summed E-state index contributed by atoms with van der Waals surface area (Å²) in [7, 11) is 2.20. The molecule has 2 bridgehead atoms. The lowest BCUT2D eigenvalue weighted by Gasteiger charge is -2.36. The molecule has 3 aliphatic rings. The summed E-state index contributed by atoms with van der Waals surface area (Å²) in [5, 5.41) is 13.2. The van der Waals surface area contributed by atoms with Crippen LogP contribution in [-0.4, -0.2) is 54.7 Å². The number of likely N-dealkylation sites (N-methyl/N-ethyl adjacent to an activating group) is 1. The van der Waals surface area contributed by atoms with Gasteiger partial charge in [-0.05, 0) is 85.6 Å². The molecule has 0 aromatic heterocycles. The minimum atomic E-state index is 0.351. The number of thiocarbonyl (C=S) groups is 1. The summed E-state index contributed by atoms with van der Waals surface area (Å²) in [6.07, 6.45) is 2.29. The molecule has 0 saturated carbocycles. The van der Waals surface area contributed by atoms with Gasteiger partial charge in [0.1, 0.15) is 0 Å². The molecule has 2 atom stereocenters. The minimum Gasteiger partial charge on any atom is -0.369 e. The quantitative estimate of drug-likeness (QED) is 0.747. The molecule has 1 aliphatic carbocycles. The largest absolute Gasteiger partial charge is 0.369 e. The van der Waals surface area contributed by atoms with Crippen LogP contribution in [-0.2, 0) is 0 Å². The first-order chi connectivity index (χ1) is 14.6. The number of anilines is 2. The van der Waals surface area contributed by atoms with E-state index >= 15 is 0 Å². The van der Waals surface area contributed by atoms with E-state index < -0.39 is 0 Å². The van der Waals surface area contributed by atoms with Gasteiger partial charge in [0, 0.05) is 44.1 Å². The highest BCUT2D eigenvalue weighted by Gasteiger charge is 2.40. The number of likely N-dealkylation sites (tertiary alicyclic amines) is 1. The van der Waals surface area contributed by atoms with Gasteiger partial charge in [-0.25, -0.2) is 0 Å². The molecular formula is C24H27N5S. The van der Waals surface area contributed by atoms with E-state index in [4.69, 9.17) is 17.5 Å². The molecule has 0 radical (unpaired) electrons. The van der Waals surface area contributed by atoms with E-state index in [-0.39, 0.29) is 0 Å². The highest BCUT2D eigenvalue weighted by molar-refractivity contribution is 7.80. The fraction of sp³-hybridized carbons (Fsp3) is 0.417. The molecule has 2 aromatic carbocycles. The highest BCUT2D eigenvalue weighted by atomic mass is 32.1. The van der Waals surface area contributed by atoms with Gasteiger partial charge in [-0.1, -0.05) is 6.07 Å². The second kappa shape index (κ2) is 7.90. The number of fused-ring (bicyclic) bond motifs is 5. The monoisotopic (exact) mass is 417 g/mol. The van der Waals surface area contributed by atoms with Crippen LogP contribution in [0.4, 0.5) is 11.4 Å². The van der Waals surface area contributed by atoms with Crippen molar-refractivity contribution in [2.75, 3.05) is 50.0 Å². The lowest BCUT2D eigenvalue weighted by molar-refractivity contribution is 0.252. The highest BCUT2D eigenvalue weighted by Crippen LogP contribution is 2.50. The molecule has 2 saturated heterocycles. The number of nitrogens with zero attached hydrogens (tertiary/aromatic N) is 4. The van der Waals surface area contributed by atoms with Gasteiger partial charge in [0.25, 0.3) is 0 Å². The van der Waals surface area contributed by atoms with Crippen LogP contribution in [0.1, 0.15) is 41.5 Å². The Bertz CT molecular complexity index is 988. The van der Waals surface area contributed by atoms with E-state index in [1.165, 1.54) is 16.8 Å². The fourth-order valence-electron chi connectivity index (χ4n) is 5.09. The van der Waals surface area contributed by atoms with Gasteiger partial charge in [0.2, 0.25) is 0 Å². The predicted octanol–water partition coefficient (Wildman–Crippen LogP) is 3.94. The summed E-state index contributed by atoms with van der Waals surface area (Å²) < 4.78 is 0. The summed E-state index contributed by atoms with van der Waals surface area (Å²) >= 11 is 5.81. The summed E-state index contributed by atoms with van der Waals surface area (Å²) in [5.74, 6) is 0.653. The van der Waals surface area contributed by atoms with Gasteiger partial charge in [-0.3, -0.25) is 0 Å². The third-order valence-electron chi connectivity index (χ3n) is 6.87. The number of benzene rings is 2. The third kappa shape index (κ3) is 3.53. The van der Waals surface area contributed by atoms with Crippen molar-refractivity contribution >= 4 is 28.7 Å². The van der Waals surface area contributed by atoms with E-state index in [1.807, 2.05) is 24.3 Å². The van der Waals surface area contributed by atoms with Crippen LogP contribution in [0.15, 0.2) is 42.5 Å². The molecule has 0 amide bonds. The number of piperazine rings is 1. The lowest BCUT2D eigenvalue weighted by atomic mass is 9.95. The molecular weight excluding hydrogens is 390 g/mol. The van der Waals surface area contributed by atoms with Crippen LogP contribution < -0.4 is 10.2 Å². The van der Waals surface area contributed by atoms with Gasteiger partial charge in [-0.15, -0.1) is 0 Å². The van der Waals surface area contributed by atoms with Crippen LogP contribution in [0.25, 0.3) is 0 Å². The number of nitriles is 1. The maximum atomic E-state index is 9.00. The zero-order valence-electron chi connectivity index (χ0n) is 17.3. The van der Waals surface area contributed by atoms with Gasteiger partial charge < -0.3 is 20.0 Å². The van der Waals surface area contributed by atoms with Crippen molar-refractivity contribution in [2.24, 2.45) is 0 Å². The first-order valence-electron chi connectivity index (χ1n) is 10.8. The molecule has 30 heavy (non-hydrogen) atoms. The Morgan fingerprint density at radius 3 is 2.53 bits per heavy atom. The SMILES string of the molecule is CN1CCN(c2ccc3c(c2)[C@H]2CC3CCN2C(=S)Nc2ccc(C#N)cc2)CC1. The Labute approximate surface area is 183 Å². The van der Waals surface area contributed by atoms with E-state index in [2.05, 4.69) is 51.3 Å². The second-order valence-corrected chi connectivity index (χ2v) is 9.04. The first-order valence-corrected chi connectivity index (χ1v) is 11.2. The minimum absolute atomic E-state index is 0.351. The van der Waals surface area contributed by atoms with E-state index in [9.17, 15) is 0 Å². The van der Waals surface area contributed by atoms with Crippen molar-refractivity contribution < 1.29 is 0 Å². The molecule has 2 aliphatic heterocycles. The van der Waals surface area contributed by atoms with Gasteiger partial charge >= 0.3 is 0 Å². The van der Waals surface area contributed by atoms with Crippen LogP contribution in [0.3, 0.4) is 0 Å². The number of hydrogen-bond donors (Lipinski definition) is 1. The Kier molecular flexibility index (Phi) is 5.10. The van der Waals surface area contributed by atoms with Crippen molar-refractivity contribution in [3.63, 3.8) is 0 Å². The Morgan fingerprint density at radius 1 is 1.03 bits per heavy atom. The van der Waals surface area contributed by atoms with E-state index in [0.717, 1.165) is 56.4 Å². The average Bonchev–Trinajstić information content (AvgIpc) is 3.06. The standard InChI is InChI=1S/C24H27N5S/c1-27-10-12-28(13-11-27)20-6-7-21-18-8-9-29(23(14-18)22(21)15-20)24(30)26-19-4-2-17(16-25)3-5-19/h2-7,15,18,23H,8-14H2,1H3,(H,26,30)/t18?,23-/m1/s1. The van der Waals surface area contributed by atoms with Gasteiger partial charge in [0.05, 0.1) is 17.7 Å². The molecule has 1 N–H and O–H groups in total. The van der Waals surface area contributed by atoms with E-state index in [0.29, 0.717) is 17.5 Å². The summed E-state index contributed by atoms with van der Waals surface area (Å²) in [6, 6.07) is 17.1. The lowest BCUT2D eigenvalue weighted by Crippen LogP contribution is -2.44. The van der Waals surface area contributed by atoms with Gasteiger partial charge in [0.15, 0.2) is 5.11 Å². The Hall–Kier alpha value is -2.62. The molecule has 1 unspecified atom stereocenters. The van der Waals surface area contributed by atoms with E-state index in [1.54, 1.807) is 0 Å². The van der Waals surface area contributed by atoms with Crippen LogP contribution >= 0.6 is 12.2 Å². The zero-order valence-corrected chi connectivity index (χ0v) is 18.2. The first kappa shape index (κ1) is 19.3. The third-order valence-corrected chi connectivity index (χ3v) is 7.20. The van der Waals surface area contributed by atoms with Crippen LogP contribution in [0.2, 0.25) is 0 Å². The normalized spacial score (nSPS) is 23.1. The van der Waals surface area contributed by atoms with Crippen molar-refractivity contribution in [3.8, 4) is 6.07 Å². The molecule has 2 fully saturated rings. The van der Waals surface area contributed by atoms with Crippen molar-refractivity contribution in [1.29, 1.82) is 5.26 Å². The van der Waals surface area contributed by atoms with Crippen LogP contribution in [0.5, 0.6) is 0 Å². The molecule has 2 heterocycles. The smallest absolute Gasteiger partial charge is 0.173 e. The number of hydrogen-bond acceptors (Lipinski definition) is 4. The van der Waals surface area contributed by atoms with Crippen molar-refractivity contribution in [1.82, 2.24) is 9.80 Å². The number of piperidine rings is 1. The summed E-state index contributed by atoms with van der Waals surface area (Å²) in [6.45, 7) is 5.40. The maximum absolute atomic E-state index is 9.00. The number of nitrogens with one attached hydrogen (secondary N) is 1. The molecule has 5 rings (SSSR count). The molecule has 0 spiro atoms. The topological polar surface area (TPSA) is 45.5 Å². The fourth-order valence-corrected chi connectivity index (χ4v) is 5.43. The Morgan fingerprint density at radius 2 is 1.80 bits per heavy atom. The average molecular weight is 418 g/mol. The molecule has 5 nitrogen and oxygen atoms in total. The van der Waals surface area contributed by atoms with Crippen molar-refractivity contribution in [3.05, 3.63) is 59.2 Å². The predicted molar refractivity (Wildman–Crippen MR) is 125 cm³/mol. The molecule has 2 aromatic rings. The maximum Gasteiger partial charge on any atom is 0.173 e. The zero-order chi connectivity index (χ0) is 20.7. The Balaban J connectivity index is 1.35. The van der Waals surface area contributed by atoms with Crippen LogP contribution in [0, 0.1) is 11.3 Å². The molecule has 6 heteroatoms. The number of rotatable bonds is 2. The summed E-state index contributed by atoms with van der Waals surface area (Å²) in [5.41, 5.74) is 5.92.